The van der Waals surface area contributed by atoms with Gasteiger partial charge in [0.15, 0.2) is 0 Å². The normalized spacial score (nSPS) is 10.8. The first kappa shape index (κ1) is 21.0. The third kappa shape index (κ3) is 4.74. The van der Waals surface area contributed by atoms with Crippen molar-refractivity contribution in [3.63, 3.8) is 0 Å². The Morgan fingerprint density at radius 3 is 2.32 bits per heavy atom. The molecule has 0 radical (unpaired) electrons. The fourth-order valence-electron chi connectivity index (χ4n) is 3.27. The van der Waals surface area contributed by atoms with Gasteiger partial charge >= 0.3 is 0 Å². The predicted octanol–water partition coefficient (Wildman–Crippen LogP) is 5.55. The van der Waals surface area contributed by atoms with Crippen LogP contribution in [-0.4, -0.2) is 15.3 Å². The van der Waals surface area contributed by atoms with Crippen molar-refractivity contribution in [3.05, 3.63) is 116 Å². The van der Waals surface area contributed by atoms with E-state index in [4.69, 9.17) is 23.2 Å². The van der Waals surface area contributed by atoms with E-state index < -0.39 is 11.5 Å². The summed E-state index contributed by atoms with van der Waals surface area (Å²) in [5.41, 5.74) is 2.82. The molecule has 0 aliphatic rings. The zero-order valence-electron chi connectivity index (χ0n) is 16.7. The number of hydrogen-bond donors (Lipinski definition) is 1. The van der Waals surface area contributed by atoms with Crippen LogP contribution in [0.5, 0.6) is 0 Å². The minimum Gasteiger partial charge on any atom is -0.322 e. The molecule has 0 unspecified atom stereocenters. The highest BCUT2D eigenvalue weighted by atomic mass is 35.5. The maximum atomic E-state index is 13.2. The van der Waals surface area contributed by atoms with E-state index in [0.717, 1.165) is 11.1 Å². The van der Waals surface area contributed by atoms with Crippen molar-refractivity contribution in [1.29, 1.82) is 0 Å². The summed E-state index contributed by atoms with van der Waals surface area (Å²) >= 11 is 12.1. The zero-order valence-corrected chi connectivity index (χ0v) is 18.2. The van der Waals surface area contributed by atoms with Gasteiger partial charge in [0.1, 0.15) is 5.56 Å². The van der Waals surface area contributed by atoms with E-state index in [1.165, 1.54) is 4.68 Å². The van der Waals surface area contributed by atoms with Gasteiger partial charge < -0.3 is 5.32 Å². The second kappa shape index (κ2) is 8.84. The molecule has 0 bridgehead atoms. The van der Waals surface area contributed by atoms with Gasteiger partial charge in [0.2, 0.25) is 0 Å². The summed E-state index contributed by atoms with van der Waals surface area (Å²) in [6.07, 6.45) is 1.56. The van der Waals surface area contributed by atoms with E-state index in [-0.39, 0.29) is 5.56 Å². The lowest BCUT2D eigenvalue weighted by Crippen LogP contribution is -2.26. The van der Waals surface area contributed by atoms with Gasteiger partial charge in [-0.05, 0) is 61.0 Å². The van der Waals surface area contributed by atoms with Gasteiger partial charge in [0.25, 0.3) is 11.5 Å². The SMILES string of the molecule is Cc1ccc(NC(=O)c2cn(Cc3cccc(Cl)c3)n(-c3ccc(Cl)cc3)c2=O)cc1. The number of halogens is 2. The molecule has 4 aromatic rings. The van der Waals surface area contributed by atoms with Crippen LogP contribution in [0.15, 0.2) is 83.8 Å². The summed E-state index contributed by atoms with van der Waals surface area (Å²) < 4.78 is 3.16. The molecule has 0 saturated carbocycles. The molecule has 5 nitrogen and oxygen atoms in total. The third-order valence-electron chi connectivity index (χ3n) is 4.82. The Morgan fingerprint density at radius 1 is 0.935 bits per heavy atom. The number of amides is 1. The largest absolute Gasteiger partial charge is 0.322 e. The van der Waals surface area contributed by atoms with Crippen LogP contribution in [0.2, 0.25) is 10.0 Å². The Balaban J connectivity index is 1.75. The fourth-order valence-corrected chi connectivity index (χ4v) is 3.61. The first-order chi connectivity index (χ1) is 14.9. The number of nitrogens with one attached hydrogen (secondary N) is 1. The smallest absolute Gasteiger partial charge is 0.284 e. The van der Waals surface area contributed by atoms with Gasteiger partial charge in [-0.25, -0.2) is 4.68 Å². The minimum atomic E-state index is -0.471. The molecule has 7 heteroatoms. The lowest BCUT2D eigenvalue weighted by Gasteiger charge is -2.12. The number of anilines is 1. The van der Waals surface area contributed by atoms with Gasteiger partial charge in [-0.15, -0.1) is 0 Å². The zero-order chi connectivity index (χ0) is 22.0. The van der Waals surface area contributed by atoms with Crippen molar-refractivity contribution >= 4 is 34.8 Å². The number of benzene rings is 3. The molecule has 3 aromatic carbocycles. The number of aromatic nitrogens is 2. The van der Waals surface area contributed by atoms with Crippen molar-refractivity contribution in [1.82, 2.24) is 9.36 Å². The molecule has 0 fully saturated rings. The van der Waals surface area contributed by atoms with E-state index in [1.807, 2.05) is 37.3 Å². The van der Waals surface area contributed by atoms with Crippen molar-refractivity contribution in [2.45, 2.75) is 13.5 Å². The second-order valence-corrected chi connectivity index (χ2v) is 8.06. The van der Waals surface area contributed by atoms with Gasteiger partial charge in [0, 0.05) is 21.9 Å². The van der Waals surface area contributed by atoms with Crippen LogP contribution in [0.4, 0.5) is 5.69 Å². The topological polar surface area (TPSA) is 56.0 Å². The Morgan fingerprint density at radius 2 is 1.65 bits per heavy atom. The van der Waals surface area contributed by atoms with Crippen molar-refractivity contribution in [2.75, 3.05) is 5.32 Å². The number of nitrogens with zero attached hydrogens (tertiary/aromatic N) is 2. The fraction of sp³-hybridized carbons (Fsp3) is 0.0833. The van der Waals surface area contributed by atoms with E-state index in [0.29, 0.717) is 28.0 Å². The molecule has 0 saturated heterocycles. The number of hydrogen-bond acceptors (Lipinski definition) is 2. The molecule has 31 heavy (non-hydrogen) atoms. The molecule has 0 spiro atoms. The Hall–Kier alpha value is -3.28. The van der Waals surface area contributed by atoms with Crippen LogP contribution in [0, 0.1) is 6.92 Å². The Kier molecular flexibility index (Phi) is 5.98. The lowest BCUT2D eigenvalue weighted by molar-refractivity contribution is 0.102. The standard InChI is InChI=1S/C24H19Cl2N3O2/c1-16-5-9-20(10-6-16)27-23(30)22-15-28(14-17-3-2-4-19(26)13-17)29(24(22)31)21-11-7-18(25)8-12-21/h2-13,15H,14H2,1H3,(H,27,30). The van der Waals surface area contributed by atoms with Gasteiger partial charge in [-0.3, -0.25) is 14.3 Å². The third-order valence-corrected chi connectivity index (χ3v) is 5.30. The highest BCUT2D eigenvalue weighted by Gasteiger charge is 2.19. The van der Waals surface area contributed by atoms with Crippen LogP contribution in [0.1, 0.15) is 21.5 Å². The number of rotatable bonds is 5. The van der Waals surface area contributed by atoms with Gasteiger partial charge in [-0.1, -0.05) is 53.0 Å². The first-order valence-electron chi connectivity index (χ1n) is 9.61. The predicted molar refractivity (Wildman–Crippen MR) is 125 cm³/mol. The highest BCUT2D eigenvalue weighted by Crippen LogP contribution is 2.17. The summed E-state index contributed by atoms with van der Waals surface area (Å²) in [6.45, 7) is 2.32. The van der Waals surface area contributed by atoms with Crippen LogP contribution >= 0.6 is 23.2 Å². The summed E-state index contributed by atoms with van der Waals surface area (Å²) in [5, 5.41) is 3.95. The molecular formula is C24H19Cl2N3O2. The molecule has 1 N–H and O–H groups in total. The van der Waals surface area contributed by atoms with E-state index in [2.05, 4.69) is 5.32 Å². The van der Waals surface area contributed by atoms with Gasteiger partial charge in [0.05, 0.1) is 12.2 Å². The Labute approximate surface area is 189 Å². The van der Waals surface area contributed by atoms with Crippen molar-refractivity contribution < 1.29 is 4.79 Å². The highest BCUT2D eigenvalue weighted by molar-refractivity contribution is 6.30. The molecule has 0 aliphatic carbocycles. The van der Waals surface area contributed by atoms with E-state index in [9.17, 15) is 9.59 Å². The molecule has 4 rings (SSSR count). The van der Waals surface area contributed by atoms with E-state index in [1.54, 1.807) is 53.3 Å². The summed E-state index contributed by atoms with van der Waals surface area (Å²) in [7, 11) is 0. The maximum Gasteiger partial charge on any atom is 0.284 e. The molecule has 1 amide bonds. The second-order valence-electron chi connectivity index (χ2n) is 7.18. The summed E-state index contributed by atoms with van der Waals surface area (Å²) in [4.78, 5) is 26.1. The van der Waals surface area contributed by atoms with Crippen molar-refractivity contribution in [2.24, 2.45) is 0 Å². The molecule has 1 heterocycles. The molecule has 0 atom stereocenters. The maximum absolute atomic E-state index is 13.2. The number of aryl methyl sites for hydroxylation is 1. The monoisotopic (exact) mass is 451 g/mol. The first-order valence-corrected chi connectivity index (χ1v) is 10.4. The molecule has 0 aliphatic heterocycles. The molecular weight excluding hydrogens is 433 g/mol. The number of carbonyl (C=O) groups is 1. The average molecular weight is 452 g/mol. The Bertz CT molecular complexity index is 1290. The molecule has 156 valence electrons. The van der Waals surface area contributed by atoms with Crippen LogP contribution in [-0.2, 0) is 6.54 Å². The van der Waals surface area contributed by atoms with Gasteiger partial charge in [-0.2, -0.15) is 0 Å². The summed E-state index contributed by atoms with van der Waals surface area (Å²) in [6, 6.07) is 21.6. The van der Waals surface area contributed by atoms with Crippen LogP contribution in [0.3, 0.4) is 0 Å². The van der Waals surface area contributed by atoms with Crippen LogP contribution < -0.4 is 10.9 Å². The number of carbonyl (C=O) groups excluding carboxylic acids is 1. The average Bonchev–Trinajstić information content (AvgIpc) is 3.06. The van der Waals surface area contributed by atoms with Crippen molar-refractivity contribution in [3.8, 4) is 5.69 Å². The van der Waals surface area contributed by atoms with Crippen LogP contribution in [0.25, 0.3) is 5.69 Å². The molecule has 1 aromatic heterocycles. The minimum absolute atomic E-state index is 0.0394. The van der Waals surface area contributed by atoms with E-state index >= 15 is 0 Å². The quantitative estimate of drug-likeness (QED) is 0.432. The lowest BCUT2D eigenvalue weighted by atomic mass is 10.2. The summed E-state index contributed by atoms with van der Waals surface area (Å²) in [5.74, 6) is -0.471.